The SMILES string of the molecule is CCOc1cc(C(F)(F)F)c(C(=O)N(CC)c2ccc(Cl)cc2)cn1. The van der Waals surface area contributed by atoms with Crippen molar-refractivity contribution in [2.24, 2.45) is 0 Å². The third kappa shape index (κ3) is 4.42. The molecule has 0 unspecified atom stereocenters. The molecule has 0 radical (unpaired) electrons. The van der Waals surface area contributed by atoms with Gasteiger partial charge in [0, 0.05) is 29.5 Å². The summed E-state index contributed by atoms with van der Waals surface area (Å²) in [5, 5.41) is 0.464. The first-order valence-electron chi connectivity index (χ1n) is 7.55. The van der Waals surface area contributed by atoms with Crippen LogP contribution in [-0.4, -0.2) is 24.0 Å². The van der Waals surface area contributed by atoms with Crippen LogP contribution in [0.2, 0.25) is 5.02 Å². The average molecular weight is 373 g/mol. The Hall–Kier alpha value is -2.28. The van der Waals surface area contributed by atoms with E-state index < -0.39 is 23.2 Å². The molecule has 1 amide bonds. The molecule has 0 aliphatic carbocycles. The molecule has 25 heavy (non-hydrogen) atoms. The number of alkyl halides is 3. The molecule has 134 valence electrons. The lowest BCUT2D eigenvalue weighted by atomic mass is 10.1. The summed E-state index contributed by atoms with van der Waals surface area (Å²) in [5.74, 6) is -0.978. The summed E-state index contributed by atoms with van der Waals surface area (Å²) in [6.07, 6.45) is -3.81. The number of pyridine rings is 1. The number of anilines is 1. The van der Waals surface area contributed by atoms with Crippen LogP contribution in [0, 0.1) is 0 Å². The van der Waals surface area contributed by atoms with Crippen molar-refractivity contribution in [3.05, 3.63) is 52.7 Å². The standard InChI is InChI=1S/C17H16ClF3N2O2/c1-3-23(12-7-5-11(18)6-8-12)16(24)13-10-22-15(25-4-2)9-14(13)17(19,20)21/h5-10H,3-4H2,1-2H3. The van der Waals surface area contributed by atoms with E-state index in [-0.39, 0.29) is 19.0 Å². The molecular formula is C17H16ClF3N2O2. The fourth-order valence-corrected chi connectivity index (χ4v) is 2.40. The summed E-state index contributed by atoms with van der Waals surface area (Å²) in [5.41, 5.74) is -1.17. The van der Waals surface area contributed by atoms with Gasteiger partial charge >= 0.3 is 6.18 Å². The number of halogens is 4. The number of hydrogen-bond acceptors (Lipinski definition) is 3. The van der Waals surface area contributed by atoms with Crippen molar-refractivity contribution in [2.75, 3.05) is 18.1 Å². The van der Waals surface area contributed by atoms with E-state index in [1.807, 2.05) is 0 Å². The maximum absolute atomic E-state index is 13.4. The van der Waals surface area contributed by atoms with Crippen molar-refractivity contribution < 1.29 is 22.7 Å². The van der Waals surface area contributed by atoms with Crippen LogP contribution in [0.5, 0.6) is 5.88 Å². The Morgan fingerprint density at radius 2 is 1.88 bits per heavy atom. The summed E-state index contributed by atoms with van der Waals surface area (Å²) < 4.78 is 45.2. The summed E-state index contributed by atoms with van der Waals surface area (Å²) in [7, 11) is 0. The molecule has 0 N–H and O–H groups in total. The zero-order valence-electron chi connectivity index (χ0n) is 13.6. The van der Waals surface area contributed by atoms with Crippen molar-refractivity contribution in [3.63, 3.8) is 0 Å². The Morgan fingerprint density at radius 1 is 1.24 bits per heavy atom. The Bertz CT molecular complexity index is 749. The van der Waals surface area contributed by atoms with Crippen molar-refractivity contribution >= 4 is 23.2 Å². The number of benzene rings is 1. The van der Waals surface area contributed by atoms with Crippen LogP contribution in [0.1, 0.15) is 29.8 Å². The van der Waals surface area contributed by atoms with Crippen LogP contribution < -0.4 is 9.64 Å². The number of aromatic nitrogens is 1. The van der Waals surface area contributed by atoms with Crippen molar-refractivity contribution in [3.8, 4) is 5.88 Å². The number of nitrogens with zero attached hydrogens (tertiary/aromatic N) is 2. The maximum Gasteiger partial charge on any atom is 0.417 e. The van der Waals surface area contributed by atoms with Gasteiger partial charge in [0.05, 0.1) is 17.7 Å². The van der Waals surface area contributed by atoms with Gasteiger partial charge in [0.15, 0.2) is 0 Å². The molecule has 0 atom stereocenters. The first-order chi connectivity index (χ1) is 11.8. The molecule has 1 aromatic carbocycles. The molecule has 0 aliphatic heterocycles. The van der Waals surface area contributed by atoms with Gasteiger partial charge in [-0.15, -0.1) is 0 Å². The van der Waals surface area contributed by atoms with Gasteiger partial charge in [-0.25, -0.2) is 4.98 Å². The van der Waals surface area contributed by atoms with Crippen molar-refractivity contribution in [1.82, 2.24) is 4.98 Å². The van der Waals surface area contributed by atoms with E-state index in [0.717, 1.165) is 12.3 Å². The van der Waals surface area contributed by atoms with Gasteiger partial charge in [-0.2, -0.15) is 13.2 Å². The first-order valence-corrected chi connectivity index (χ1v) is 7.93. The topological polar surface area (TPSA) is 42.4 Å². The lowest BCUT2D eigenvalue weighted by molar-refractivity contribution is -0.138. The normalized spacial score (nSPS) is 11.3. The van der Waals surface area contributed by atoms with E-state index in [9.17, 15) is 18.0 Å². The predicted octanol–water partition coefficient (Wildman–Crippen LogP) is 4.82. The molecule has 0 saturated carbocycles. The first kappa shape index (κ1) is 19.1. The predicted molar refractivity (Wildman–Crippen MR) is 89.2 cm³/mol. The van der Waals surface area contributed by atoms with Crippen LogP contribution in [0.25, 0.3) is 0 Å². The number of carbonyl (C=O) groups excluding carboxylic acids is 1. The highest BCUT2D eigenvalue weighted by Crippen LogP contribution is 2.34. The minimum absolute atomic E-state index is 0.170. The van der Waals surface area contributed by atoms with Crippen molar-refractivity contribution in [1.29, 1.82) is 0 Å². The van der Waals surface area contributed by atoms with Crippen LogP contribution in [-0.2, 0) is 6.18 Å². The number of amides is 1. The molecule has 1 aromatic heterocycles. The lowest BCUT2D eigenvalue weighted by Gasteiger charge is -2.23. The Morgan fingerprint density at radius 3 is 2.40 bits per heavy atom. The zero-order chi connectivity index (χ0) is 18.6. The van der Waals surface area contributed by atoms with Gasteiger partial charge in [0.2, 0.25) is 5.88 Å². The van der Waals surface area contributed by atoms with E-state index in [1.165, 1.54) is 4.90 Å². The number of rotatable bonds is 5. The molecule has 0 spiro atoms. The van der Waals surface area contributed by atoms with Crippen molar-refractivity contribution in [2.45, 2.75) is 20.0 Å². The van der Waals surface area contributed by atoms with E-state index in [1.54, 1.807) is 38.1 Å². The van der Waals surface area contributed by atoms with Crippen LogP contribution >= 0.6 is 11.6 Å². The van der Waals surface area contributed by atoms with E-state index >= 15 is 0 Å². The van der Waals surface area contributed by atoms with Crippen LogP contribution in [0.3, 0.4) is 0 Å². The van der Waals surface area contributed by atoms with Crippen LogP contribution in [0.4, 0.5) is 18.9 Å². The monoisotopic (exact) mass is 372 g/mol. The quantitative estimate of drug-likeness (QED) is 0.755. The van der Waals surface area contributed by atoms with Gasteiger partial charge in [-0.1, -0.05) is 11.6 Å². The second kappa shape index (κ2) is 7.74. The Kier molecular flexibility index (Phi) is 5.89. The molecular weight excluding hydrogens is 357 g/mol. The molecule has 0 saturated heterocycles. The second-order valence-electron chi connectivity index (χ2n) is 5.02. The summed E-state index contributed by atoms with van der Waals surface area (Å²) in [4.78, 5) is 17.7. The van der Waals surface area contributed by atoms with Gasteiger partial charge in [-0.3, -0.25) is 4.79 Å². The Balaban J connectivity index is 2.47. The second-order valence-corrected chi connectivity index (χ2v) is 5.46. The maximum atomic E-state index is 13.4. The largest absolute Gasteiger partial charge is 0.478 e. The minimum Gasteiger partial charge on any atom is -0.478 e. The summed E-state index contributed by atoms with van der Waals surface area (Å²) in [6, 6.07) is 7.01. The summed E-state index contributed by atoms with van der Waals surface area (Å²) in [6.45, 7) is 3.66. The Labute approximate surface area is 148 Å². The third-order valence-corrected chi connectivity index (χ3v) is 3.66. The fraction of sp³-hybridized carbons (Fsp3) is 0.294. The molecule has 8 heteroatoms. The van der Waals surface area contributed by atoms with Gasteiger partial charge < -0.3 is 9.64 Å². The van der Waals surface area contributed by atoms with E-state index in [2.05, 4.69) is 4.98 Å². The molecule has 0 aliphatic rings. The molecule has 2 rings (SSSR count). The average Bonchev–Trinajstić information content (AvgIpc) is 2.56. The van der Waals surface area contributed by atoms with Gasteiger partial charge in [-0.05, 0) is 38.1 Å². The molecule has 4 nitrogen and oxygen atoms in total. The number of hydrogen-bond donors (Lipinski definition) is 0. The summed E-state index contributed by atoms with van der Waals surface area (Å²) >= 11 is 5.81. The van der Waals surface area contributed by atoms with Gasteiger partial charge in [0.25, 0.3) is 5.91 Å². The third-order valence-electron chi connectivity index (χ3n) is 3.41. The number of ether oxygens (including phenoxy) is 1. The highest BCUT2D eigenvalue weighted by atomic mass is 35.5. The highest BCUT2D eigenvalue weighted by molar-refractivity contribution is 6.30. The lowest BCUT2D eigenvalue weighted by Crippen LogP contribution is -2.32. The zero-order valence-corrected chi connectivity index (χ0v) is 14.4. The fourth-order valence-electron chi connectivity index (χ4n) is 2.28. The highest BCUT2D eigenvalue weighted by Gasteiger charge is 2.37. The van der Waals surface area contributed by atoms with Crippen LogP contribution in [0.15, 0.2) is 36.5 Å². The van der Waals surface area contributed by atoms with E-state index in [4.69, 9.17) is 16.3 Å². The smallest absolute Gasteiger partial charge is 0.417 e. The molecule has 0 bridgehead atoms. The molecule has 0 fully saturated rings. The molecule has 1 heterocycles. The minimum atomic E-state index is -4.71. The molecule has 2 aromatic rings. The van der Waals surface area contributed by atoms with Gasteiger partial charge in [0.1, 0.15) is 0 Å². The number of carbonyl (C=O) groups is 1. The van der Waals surface area contributed by atoms with E-state index in [0.29, 0.717) is 10.7 Å².